The van der Waals surface area contributed by atoms with Crippen LogP contribution in [-0.2, 0) is 19.1 Å². The molecule has 0 aromatic heterocycles. The van der Waals surface area contributed by atoms with Gasteiger partial charge in [-0.1, -0.05) is 48.0 Å². The number of carbonyl (C=O) groups excluding carboxylic acids is 2. The lowest BCUT2D eigenvalue weighted by Crippen LogP contribution is -2.19. The largest absolute Gasteiger partial charge is 0.465 e. The molecule has 22 heavy (non-hydrogen) atoms. The summed E-state index contributed by atoms with van der Waals surface area (Å²) in [5.41, 5.74) is 0. The quantitative estimate of drug-likeness (QED) is 0.536. The third kappa shape index (κ3) is 12.7. The normalized spacial score (nSPS) is 11.5. The summed E-state index contributed by atoms with van der Waals surface area (Å²) in [5, 5.41) is 0. The van der Waals surface area contributed by atoms with Crippen LogP contribution >= 0.6 is 0 Å². The molecule has 0 N–H and O–H groups in total. The summed E-state index contributed by atoms with van der Waals surface area (Å²) in [7, 11) is 0. The lowest BCUT2D eigenvalue weighted by molar-refractivity contribution is -0.148. The van der Waals surface area contributed by atoms with Gasteiger partial charge < -0.3 is 9.47 Å². The van der Waals surface area contributed by atoms with Crippen LogP contribution in [0.25, 0.3) is 0 Å². The van der Waals surface area contributed by atoms with Gasteiger partial charge in [-0.05, 0) is 30.1 Å². The second-order valence-electron chi connectivity index (χ2n) is 7.40. The zero-order valence-electron chi connectivity index (χ0n) is 15.2. The molecule has 4 heteroatoms. The molecule has 0 aliphatic rings. The molecule has 0 amide bonds. The van der Waals surface area contributed by atoms with Gasteiger partial charge >= 0.3 is 11.9 Å². The number of hydrogen-bond donors (Lipinski definition) is 0. The van der Waals surface area contributed by atoms with Gasteiger partial charge in [-0.3, -0.25) is 9.59 Å². The monoisotopic (exact) mass is 314 g/mol. The summed E-state index contributed by atoms with van der Waals surface area (Å²) in [5.74, 6) is 0.809. The minimum absolute atomic E-state index is 0.0155. The first-order valence-corrected chi connectivity index (χ1v) is 8.51. The third-order valence-corrected chi connectivity index (χ3v) is 3.22. The first kappa shape index (κ1) is 20.9. The van der Waals surface area contributed by atoms with E-state index >= 15 is 0 Å². The van der Waals surface area contributed by atoms with Gasteiger partial charge in [0.05, 0.1) is 13.2 Å². The molecular weight excluding hydrogens is 280 g/mol. The van der Waals surface area contributed by atoms with E-state index < -0.39 is 0 Å². The van der Waals surface area contributed by atoms with Crippen LogP contribution in [0.4, 0.5) is 0 Å². The van der Waals surface area contributed by atoms with Gasteiger partial charge in [0, 0.05) is 12.8 Å². The molecule has 0 radical (unpaired) electrons. The third-order valence-electron chi connectivity index (χ3n) is 3.22. The van der Waals surface area contributed by atoms with Gasteiger partial charge in [-0.15, -0.1) is 0 Å². The fraction of sp³-hybridized carbons (Fsp3) is 0.889. The SMILES string of the molecule is CC(C)CCC(CC(=O)OCC(C)C)CC(=O)OCC(C)C. The fourth-order valence-corrected chi connectivity index (χ4v) is 1.95. The van der Waals surface area contributed by atoms with E-state index in [2.05, 4.69) is 13.8 Å². The zero-order chi connectivity index (χ0) is 17.1. The average molecular weight is 314 g/mol. The zero-order valence-corrected chi connectivity index (χ0v) is 15.2. The van der Waals surface area contributed by atoms with E-state index in [1.165, 1.54) is 0 Å². The Kier molecular flexibility index (Phi) is 10.9. The van der Waals surface area contributed by atoms with Gasteiger partial charge in [0.15, 0.2) is 0 Å². The molecule has 0 atom stereocenters. The average Bonchev–Trinajstić information content (AvgIpc) is 2.40. The lowest BCUT2D eigenvalue weighted by atomic mass is 9.92. The standard InChI is InChI=1S/C18H34O4/c1-13(2)7-8-16(9-17(19)21-11-14(3)4)10-18(20)22-12-15(5)6/h13-16H,7-12H2,1-6H3. The molecule has 0 aromatic rings. The highest BCUT2D eigenvalue weighted by Gasteiger charge is 2.20. The Bertz CT molecular complexity index is 295. The Hall–Kier alpha value is -1.06. The van der Waals surface area contributed by atoms with E-state index in [-0.39, 0.29) is 17.9 Å². The predicted octanol–water partition coefficient (Wildman–Crippen LogP) is 4.22. The highest BCUT2D eigenvalue weighted by molar-refractivity contribution is 5.73. The van der Waals surface area contributed by atoms with Crippen LogP contribution in [-0.4, -0.2) is 25.2 Å². The summed E-state index contributed by atoms with van der Waals surface area (Å²) < 4.78 is 10.5. The van der Waals surface area contributed by atoms with E-state index in [4.69, 9.17) is 9.47 Å². The van der Waals surface area contributed by atoms with Crippen molar-refractivity contribution in [2.45, 2.75) is 67.2 Å². The molecule has 0 aliphatic carbocycles. The van der Waals surface area contributed by atoms with E-state index in [0.29, 0.717) is 43.8 Å². The van der Waals surface area contributed by atoms with Crippen molar-refractivity contribution < 1.29 is 19.1 Å². The molecule has 0 heterocycles. The van der Waals surface area contributed by atoms with E-state index in [1.807, 2.05) is 27.7 Å². The van der Waals surface area contributed by atoms with Gasteiger partial charge in [-0.2, -0.15) is 0 Å². The van der Waals surface area contributed by atoms with Crippen LogP contribution in [0.1, 0.15) is 67.2 Å². The van der Waals surface area contributed by atoms with Crippen LogP contribution in [0.5, 0.6) is 0 Å². The molecule has 0 spiro atoms. The van der Waals surface area contributed by atoms with E-state index in [9.17, 15) is 9.59 Å². The predicted molar refractivity (Wildman–Crippen MR) is 88.4 cm³/mol. The van der Waals surface area contributed by atoms with Gasteiger partial charge in [0.2, 0.25) is 0 Å². The summed E-state index contributed by atoms with van der Waals surface area (Å²) in [6.45, 7) is 13.2. The second kappa shape index (κ2) is 11.5. The number of hydrogen-bond acceptors (Lipinski definition) is 4. The molecule has 0 saturated heterocycles. The van der Waals surface area contributed by atoms with Crippen molar-refractivity contribution in [3.05, 3.63) is 0 Å². The van der Waals surface area contributed by atoms with Gasteiger partial charge in [0.25, 0.3) is 0 Å². The van der Waals surface area contributed by atoms with Crippen LogP contribution < -0.4 is 0 Å². The van der Waals surface area contributed by atoms with Crippen molar-refractivity contribution in [3.63, 3.8) is 0 Å². The van der Waals surface area contributed by atoms with Gasteiger partial charge in [0.1, 0.15) is 0 Å². The van der Waals surface area contributed by atoms with E-state index in [1.54, 1.807) is 0 Å². The minimum Gasteiger partial charge on any atom is -0.465 e. The highest BCUT2D eigenvalue weighted by Crippen LogP contribution is 2.20. The number of carbonyl (C=O) groups is 2. The number of rotatable bonds is 11. The summed E-state index contributed by atoms with van der Waals surface area (Å²) >= 11 is 0. The summed E-state index contributed by atoms with van der Waals surface area (Å²) in [6, 6.07) is 0. The molecule has 0 fully saturated rings. The highest BCUT2D eigenvalue weighted by atomic mass is 16.5. The molecular formula is C18H34O4. The van der Waals surface area contributed by atoms with Crippen molar-refractivity contribution in [1.29, 1.82) is 0 Å². The molecule has 4 nitrogen and oxygen atoms in total. The first-order valence-electron chi connectivity index (χ1n) is 8.51. The van der Waals surface area contributed by atoms with E-state index in [0.717, 1.165) is 12.8 Å². The first-order chi connectivity index (χ1) is 10.2. The molecule has 0 bridgehead atoms. The molecule has 0 aliphatic heterocycles. The van der Waals surface area contributed by atoms with Crippen molar-refractivity contribution in [1.82, 2.24) is 0 Å². The number of ether oxygens (including phenoxy) is 2. The summed E-state index contributed by atoms with van der Waals surface area (Å²) in [6.07, 6.45) is 2.46. The topological polar surface area (TPSA) is 52.6 Å². The van der Waals surface area contributed by atoms with Gasteiger partial charge in [-0.25, -0.2) is 0 Å². The second-order valence-corrected chi connectivity index (χ2v) is 7.40. The van der Waals surface area contributed by atoms with Crippen molar-refractivity contribution >= 4 is 11.9 Å². The maximum absolute atomic E-state index is 11.9. The Morgan fingerprint density at radius 2 is 1.09 bits per heavy atom. The Balaban J connectivity index is 4.35. The number of esters is 2. The minimum atomic E-state index is -0.209. The van der Waals surface area contributed by atoms with Crippen LogP contribution in [0.3, 0.4) is 0 Å². The Labute approximate surface area is 135 Å². The molecule has 130 valence electrons. The molecule has 0 aromatic carbocycles. The maximum Gasteiger partial charge on any atom is 0.306 e. The van der Waals surface area contributed by atoms with Crippen LogP contribution in [0, 0.1) is 23.7 Å². The van der Waals surface area contributed by atoms with Crippen molar-refractivity contribution in [3.8, 4) is 0 Å². The molecule has 0 unspecified atom stereocenters. The van der Waals surface area contributed by atoms with Crippen LogP contribution in [0.2, 0.25) is 0 Å². The van der Waals surface area contributed by atoms with Crippen molar-refractivity contribution in [2.24, 2.45) is 23.7 Å². The summed E-state index contributed by atoms with van der Waals surface area (Å²) in [4.78, 5) is 23.8. The maximum atomic E-state index is 11.9. The Morgan fingerprint density at radius 1 is 0.682 bits per heavy atom. The molecule has 0 saturated carbocycles. The lowest BCUT2D eigenvalue weighted by Gasteiger charge is -2.17. The smallest absolute Gasteiger partial charge is 0.306 e. The van der Waals surface area contributed by atoms with Crippen LogP contribution in [0.15, 0.2) is 0 Å². The molecule has 0 rings (SSSR count). The Morgan fingerprint density at radius 3 is 1.41 bits per heavy atom. The van der Waals surface area contributed by atoms with Crippen molar-refractivity contribution in [2.75, 3.05) is 13.2 Å². The fourth-order valence-electron chi connectivity index (χ4n) is 1.95.